The second-order valence-corrected chi connectivity index (χ2v) is 8.43. The molecule has 0 aliphatic carbocycles. The van der Waals surface area contributed by atoms with Crippen molar-refractivity contribution in [3.8, 4) is 6.07 Å². The maximum Gasteiger partial charge on any atom is 0.0944 e. The third-order valence-electron chi connectivity index (χ3n) is 4.07. The minimum atomic E-state index is 0.0283. The average molecular weight is 305 g/mol. The predicted molar refractivity (Wildman–Crippen MR) is 88.7 cm³/mol. The van der Waals surface area contributed by atoms with Crippen LogP contribution in [0.3, 0.4) is 0 Å². The Bertz CT molecular complexity index is 507. The molecule has 3 nitrogen and oxygen atoms in total. The van der Waals surface area contributed by atoms with Crippen molar-refractivity contribution in [1.82, 2.24) is 9.88 Å². The molecule has 2 rings (SSSR count). The smallest absolute Gasteiger partial charge is 0.0944 e. The number of likely N-dealkylation sites (tertiary alicyclic amines) is 1. The Morgan fingerprint density at radius 1 is 1.43 bits per heavy atom. The van der Waals surface area contributed by atoms with Crippen LogP contribution in [-0.2, 0) is 18.3 Å². The Kier molecular flexibility index (Phi) is 5.40. The standard InChI is InChI=1S/C17H27N3S/c1-13-6-5-10-20(12-13)11-8-15-19-16(17(2,3)4)14(21-15)7-9-18/h13H,5-8,10-12H2,1-4H3. The number of piperidine rings is 1. The summed E-state index contributed by atoms with van der Waals surface area (Å²) in [5, 5.41) is 10.2. The summed E-state index contributed by atoms with van der Waals surface area (Å²) in [6, 6.07) is 2.28. The molecule has 0 radical (unpaired) electrons. The van der Waals surface area contributed by atoms with Crippen LogP contribution in [0.1, 0.15) is 56.1 Å². The summed E-state index contributed by atoms with van der Waals surface area (Å²) in [5.41, 5.74) is 1.15. The molecule has 1 aliphatic rings. The molecule has 1 unspecified atom stereocenters. The number of hydrogen-bond donors (Lipinski definition) is 0. The number of nitrogens with zero attached hydrogens (tertiary/aromatic N) is 3. The normalized spacial score (nSPS) is 20.4. The maximum absolute atomic E-state index is 9.00. The van der Waals surface area contributed by atoms with Gasteiger partial charge < -0.3 is 4.90 Å². The summed E-state index contributed by atoms with van der Waals surface area (Å²) < 4.78 is 0. The highest BCUT2D eigenvalue weighted by Crippen LogP contribution is 2.30. The van der Waals surface area contributed by atoms with Gasteiger partial charge in [0.2, 0.25) is 0 Å². The van der Waals surface area contributed by atoms with Gasteiger partial charge in [-0.25, -0.2) is 4.98 Å². The van der Waals surface area contributed by atoms with E-state index in [-0.39, 0.29) is 5.41 Å². The van der Waals surface area contributed by atoms with E-state index in [0.29, 0.717) is 6.42 Å². The van der Waals surface area contributed by atoms with E-state index in [4.69, 9.17) is 10.2 Å². The molecule has 0 saturated carbocycles. The second kappa shape index (κ2) is 6.89. The number of nitriles is 1. The summed E-state index contributed by atoms with van der Waals surface area (Å²) >= 11 is 1.74. The summed E-state index contributed by atoms with van der Waals surface area (Å²) in [5.74, 6) is 0.828. The third kappa shape index (κ3) is 4.52. The summed E-state index contributed by atoms with van der Waals surface area (Å²) in [7, 11) is 0. The maximum atomic E-state index is 9.00. The lowest BCUT2D eigenvalue weighted by Gasteiger charge is -2.30. The largest absolute Gasteiger partial charge is 0.303 e. The van der Waals surface area contributed by atoms with E-state index >= 15 is 0 Å². The van der Waals surface area contributed by atoms with Crippen LogP contribution in [0, 0.1) is 17.2 Å². The topological polar surface area (TPSA) is 39.9 Å². The first-order valence-corrected chi connectivity index (χ1v) is 8.80. The van der Waals surface area contributed by atoms with E-state index in [1.807, 2.05) is 0 Å². The number of aromatic nitrogens is 1. The average Bonchev–Trinajstić information content (AvgIpc) is 2.80. The molecule has 116 valence electrons. The summed E-state index contributed by atoms with van der Waals surface area (Å²) in [6.45, 7) is 12.4. The Labute approximate surface area is 133 Å². The molecule has 1 aromatic heterocycles. The fraction of sp³-hybridized carbons (Fsp3) is 0.765. The number of rotatable bonds is 4. The van der Waals surface area contributed by atoms with E-state index in [1.54, 1.807) is 11.3 Å². The van der Waals surface area contributed by atoms with Crippen molar-refractivity contribution in [2.45, 2.75) is 58.8 Å². The van der Waals surface area contributed by atoms with Gasteiger partial charge in [0.1, 0.15) is 0 Å². The van der Waals surface area contributed by atoms with Crippen LogP contribution in [0.4, 0.5) is 0 Å². The fourth-order valence-electron chi connectivity index (χ4n) is 3.03. The molecule has 0 N–H and O–H groups in total. The van der Waals surface area contributed by atoms with Crippen LogP contribution >= 0.6 is 11.3 Å². The number of hydrogen-bond acceptors (Lipinski definition) is 4. The highest BCUT2D eigenvalue weighted by atomic mass is 32.1. The van der Waals surface area contributed by atoms with Crippen LogP contribution in [0.25, 0.3) is 0 Å². The first-order chi connectivity index (χ1) is 9.90. The molecule has 21 heavy (non-hydrogen) atoms. The van der Waals surface area contributed by atoms with E-state index in [1.165, 1.54) is 30.9 Å². The Hall–Kier alpha value is -0.920. The molecule has 0 bridgehead atoms. The van der Waals surface area contributed by atoms with Crippen molar-refractivity contribution >= 4 is 11.3 Å². The zero-order valence-electron chi connectivity index (χ0n) is 13.8. The van der Waals surface area contributed by atoms with Gasteiger partial charge in [0.05, 0.1) is 23.2 Å². The highest BCUT2D eigenvalue weighted by molar-refractivity contribution is 7.11. The van der Waals surface area contributed by atoms with E-state index in [9.17, 15) is 0 Å². The lowest BCUT2D eigenvalue weighted by atomic mass is 9.91. The monoisotopic (exact) mass is 305 g/mol. The van der Waals surface area contributed by atoms with Crippen LogP contribution in [0.5, 0.6) is 0 Å². The van der Waals surface area contributed by atoms with Gasteiger partial charge in [0.25, 0.3) is 0 Å². The summed E-state index contributed by atoms with van der Waals surface area (Å²) in [4.78, 5) is 8.57. The van der Waals surface area contributed by atoms with E-state index in [2.05, 4.69) is 38.7 Å². The zero-order chi connectivity index (χ0) is 15.5. The molecule has 1 atom stereocenters. The third-order valence-corrected chi connectivity index (χ3v) is 5.19. The molecule has 0 amide bonds. The van der Waals surface area contributed by atoms with Gasteiger partial charge in [-0.3, -0.25) is 0 Å². The fourth-order valence-corrected chi connectivity index (χ4v) is 4.23. The Morgan fingerprint density at radius 2 is 2.19 bits per heavy atom. The van der Waals surface area contributed by atoms with Crippen LogP contribution in [0.2, 0.25) is 0 Å². The van der Waals surface area contributed by atoms with Crippen molar-refractivity contribution in [3.63, 3.8) is 0 Å². The zero-order valence-corrected chi connectivity index (χ0v) is 14.6. The van der Waals surface area contributed by atoms with E-state index in [0.717, 1.165) is 29.5 Å². The molecule has 1 saturated heterocycles. The highest BCUT2D eigenvalue weighted by Gasteiger charge is 2.23. The molecule has 1 aromatic rings. The van der Waals surface area contributed by atoms with Crippen LogP contribution in [-0.4, -0.2) is 29.5 Å². The molecule has 1 fully saturated rings. The molecule has 1 aliphatic heterocycles. The molecule has 0 aromatic carbocycles. The lowest BCUT2D eigenvalue weighted by molar-refractivity contribution is 0.186. The van der Waals surface area contributed by atoms with Gasteiger partial charge in [-0.15, -0.1) is 11.3 Å². The number of thiazole rings is 1. The quantitative estimate of drug-likeness (QED) is 0.850. The first-order valence-electron chi connectivity index (χ1n) is 7.98. The minimum absolute atomic E-state index is 0.0283. The predicted octanol–water partition coefficient (Wildman–Crippen LogP) is 3.78. The van der Waals surface area contributed by atoms with Gasteiger partial charge in [0, 0.05) is 29.8 Å². The SMILES string of the molecule is CC1CCCN(CCc2nc(C(C)(C)C)c(CC#N)s2)C1. The van der Waals surface area contributed by atoms with Crippen molar-refractivity contribution < 1.29 is 0 Å². The molecule has 4 heteroatoms. The Balaban J connectivity index is 2.02. The Morgan fingerprint density at radius 3 is 2.81 bits per heavy atom. The van der Waals surface area contributed by atoms with Gasteiger partial charge in [-0.2, -0.15) is 5.26 Å². The van der Waals surface area contributed by atoms with Gasteiger partial charge in [-0.05, 0) is 25.3 Å². The molecular formula is C17H27N3S. The van der Waals surface area contributed by atoms with Crippen molar-refractivity contribution in [2.24, 2.45) is 5.92 Å². The summed E-state index contributed by atoms with van der Waals surface area (Å²) in [6.07, 6.45) is 4.21. The molecular weight excluding hydrogens is 278 g/mol. The second-order valence-electron chi connectivity index (χ2n) is 7.26. The van der Waals surface area contributed by atoms with Crippen LogP contribution < -0.4 is 0 Å². The van der Waals surface area contributed by atoms with E-state index < -0.39 is 0 Å². The molecule has 0 spiro atoms. The van der Waals surface area contributed by atoms with Gasteiger partial charge >= 0.3 is 0 Å². The molecule has 2 heterocycles. The van der Waals surface area contributed by atoms with Gasteiger partial charge in [-0.1, -0.05) is 27.7 Å². The van der Waals surface area contributed by atoms with Crippen molar-refractivity contribution in [3.05, 3.63) is 15.6 Å². The van der Waals surface area contributed by atoms with Gasteiger partial charge in [0.15, 0.2) is 0 Å². The van der Waals surface area contributed by atoms with Crippen molar-refractivity contribution in [2.75, 3.05) is 19.6 Å². The van der Waals surface area contributed by atoms with Crippen LogP contribution in [0.15, 0.2) is 0 Å². The minimum Gasteiger partial charge on any atom is -0.303 e. The van der Waals surface area contributed by atoms with Crippen molar-refractivity contribution in [1.29, 1.82) is 5.26 Å². The first kappa shape index (κ1) is 16.5. The lowest BCUT2D eigenvalue weighted by Crippen LogP contribution is -2.35.